The number of aryl methyl sites for hydroxylation is 1. The molecule has 0 bridgehead atoms. The summed E-state index contributed by atoms with van der Waals surface area (Å²) >= 11 is 8.12. The Morgan fingerprint density at radius 2 is 1.91 bits per heavy atom. The number of nitrogens with zero attached hydrogens (tertiary/aromatic N) is 2. The summed E-state index contributed by atoms with van der Waals surface area (Å²) in [7, 11) is 3.26. The van der Waals surface area contributed by atoms with E-state index in [1.54, 1.807) is 31.6 Å². The maximum absolute atomic E-state index is 12.6. The highest BCUT2D eigenvalue weighted by Gasteiger charge is 2.22. The first-order valence-corrected chi connectivity index (χ1v) is 11.8. The highest BCUT2D eigenvalue weighted by atomic mass is 35.5. The van der Waals surface area contributed by atoms with E-state index in [2.05, 4.69) is 11.8 Å². The minimum Gasteiger partial charge on any atom is -0.497 e. The number of Topliss-reactive ketones (excluding diaryl/α,β-unsaturated/α-hetero) is 1. The lowest BCUT2D eigenvalue weighted by atomic mass is 10.00. The third kappa shape index (κ3) is 4.92. The quantitative estimate of drug-likeness (QED) is 0.309. The molecule has 2 aromatic carbocycles. The Hall–Kier alpha value is -2.57. The van der Waals surface area contributed by atoms with Crippen molar-refractivity contribution >= 4 is 39.5 Å². The summed E-state index contributed by atoms with van der Waals surface area (Å²) in [5.41, 5.74) is 3.21. The second kappa shape index (κ2) is 10.4. The van der Waals surface area contributed by atoms with Gasteiger partial charge in [-0.2, -0.15) is 0 Å². The molecule has 0 saturated heterocycles. The largest absolute Gasteiger partial charge is 0.497 e. The van der Waals surface area contributed by atoms with Crippen LogP contribution in [0.3, 0.4) is 0 Å². The van der Waals surface area contributed by atoms with E-state index >= 15 is 0 Å². The fraction of sp³-hybridized carbons (Fsp3) is 0.360. The minimum absolute atomic E-state index is 0.0817. The number of benzene rings is 2. The van der Waals surface area contributed by atoms with Crippen LogP contribution in [0.2, 0.25) is 5.02 Å². The average molecular weight is 473 g/mol. The summed E-state index contributed by atoms with van der Waals surface area (Å²) in [5, 5.41) is 1.42. The first-order chi connectivity index (χ1) is 15.3. The molecule has 170 valence electrons. The SMILES string of the molecule is CCCN(c1nc(-c2ccc(OC)cc2Cl)c(C)s1)c1cc(C(=O)C(C)C)ccc1OC. The number of carbonyl (C=O) groups is 1. The van der Waals surface area contributed by atoms with Gasteiger partial charge in [0.25, 0.3) is 0 Å². The molecule has 32 heavy (non-hydrogen) atoms. The van der Waals surface area contributed by atoms with E-state index in [4.69, 9.17) is 26.1 Å². The fourth-order valence-corrected chi connectivity index (χ4v) is 4.72. The van der Waals surface area contributed by atoms with Gasteiger partial charge in [0, 0.05) is 28.5 Å². The number of ether oxygens (including phenoxy) is 2. The second-order valence-corrected chi connectivity index (χ2v) is 9.39. The maximum atomic E-state index is 12.6. The number of aromatic nitrogens is 1. The van der Waals surface area contributed by atoms with E-state index in [0.717, 1.165) is 39.9 Å². The standard InChI is InChI=1S/C25H29ClN2O3S/c1-7-12-28(21-13-17(24(29)15(2)3)8-11-22(21)31-6)25-27-23(16(4)32-25)19-10-9-18(30-5)14-20(19)26/h8-11,13-15H,7,12H2,1-6H3. The first kappa shape index (κ1) is 24.1. The van der Waals surface area contributed by atoms with Gasteiger partial charge < -0.3 is 14.4 Å². The van der Waals surface area contributed by atoms with E-state index in [1.165, 1.54) is 0 Å². The zero-order valence-corrected chi connectivity index (χ0v) is 20.9. The minimum atomic E-state index is -0.0817. The van der Waals surface area contributed by atoms with Crippen molar-refractivity contribution in [2.75, 3.05) is 25.7 Å². The lowest BCUT2D eigenvalue weighted by Gasteiger charge is -2.24. The Morgan fingerprint density at radius 3 is 2.50 bits per heavy atom. The van der Waals surface area contributed by atoms with Crippen molar-refractivity contribution in [1.29, 1.82) is 0 Å². The van der Waals surface area contributed by atoms with Crippen LogP contribution in [0.25, 0.3) is 11.3 Å². The lowest BCUT2D eigenvalue weighted by molar-refractivity contribution is 0.0939. The van der Waals surface area contributed by atoms with Gasteiger partial charge in [0.05, 0.1) is 30.6 Å². The number of thiazole rings is 1. The van der Waals surface area contributed by atoms with Crippen molar-refractivity contribution in [3.8, 4) is 22.8 Å². The Labute approximate surface area is 199 Å². The van der Waals surface area contributed by atoms with Gasteiger partial charge in [-0.25, -0.2) is 4.98 Å². The predicted molar refractivity (Wildman–Crippen MR) is 133 cm³/mol. The van der Waals surface area contributed by atoms with Gasteiger partial charge in [-0.05, 0) is 49.7 Å². The van der Waals surface area contributed by atoms with Crippen LogP contribution in [0.15, 0.2) is 36.4 Å². The molecule has 0 aliphatic carbocycles. The van der Waals surface area contributed by atoms with Gasteiger partial charge in [-0.3, -0.25) is 4.79 Å². The van der Waals surface area contributed by atoms with Crippen molar-refractivity contribution in [3.05, 3.63) is 51.9 Å². The summed E-state index contributed by atoms with van der Waals surface area (Å²) < 4.78 is 10.9. The molecule has 0 fully saturated rings. The van der Waals surface area contributed by atoms with Crippen molar-refractivity contribution < 1.29 is 14.3 Å². The number of methoxy groups -OCH3 is 2. The van der Waals surface area contributed by atoms with Crippen molar-refractivity contribution in [2.45, 2.75) is 34.1 Å². The molecule has 1 heterocycles. The van der Waals surface area contributed by atoms with Gasteiger partial charge in [0.15, 0.2) is 10.9 Å². The topological polar surface area (TPSA) is 51.7 Å². The van der Waals surface area contributed by atoms with Crippen LogP contribution in [0.5, 0.6) is 11.5 Å². The fourth-order valence-electron chi connectivity index (χ4n) is 3.49. The van der Waals surface area contributed by atoms with Crippen LogP contribution >= 0.6 is 22.9 Å². The van der Waals surface area contributed by atoms with Gasteiger partial charge in [-0.1, -0.05) is 32.4 Å². The van der Waals surface area contributed by atoms with E-state index in [-0.39, 0.29) is 11.7 Å². The van der Waals surface area contributed by atoms with Crippen molar-refractivity contribution in [1.82, 2.24) is 4.98 Å². The summed E-state index contributed by atoms with van der Waals surface area (Å²) in [6, 6.07) is 11.2. The Morgan fingerprint density at radius 1 is 1.16 bits per heavy atom. The number of halogens is 1. The van der Waals surface area contributed by atoms with Crippen LogP contribution in [-0.2, 0) is 0 Å². The Balaban J connectivity index is 2.10. The molecule has 0 spiro atoms. The number of hydrogen-bond donors (Lipinski definition) is 0. The molecule has 0 amide bonds. The van der Waals surface area contributed by atoms with Gasteiger partial charge in [-0.15, -0.1) is 11.3 Å². The van der Waals surface area contributed by atoms with E-state index in [1.807, 2.05) is 51.1 Å². The Bertz CT molecular complexity index is 1110. The number of hydrogen-bond acceptors (Lipinski definition) is 6. The normalized spacial score (nSPS) is 11.0. The summed E-state index contributed by atoms with van der Waals surface area (Å²) in [6.07, 6.45) is 0.906. The maximum Gasteiger partial charge on any atom is 0.190 e. The number of rotatable bonds is 9. The smallest absolute Gasteiger partial charge is 0.190 e. The van der Waals surface area contributed by atoms with E-state index in [0.29, 0.717) is 22.1 Å². The highest BCUT2D eigenvalue weighted by Crippen LogP contribution is 2.41. The third-order valence-corrected chi connectivity index (χ3v) is 6.48. The molecule has 0 aliphatic heterocycles. The van der Waals surface area contributed by atoms with Crippen LogP contribution in [0.4, 0.5) is 10.8 Å². The van der Waals surface area contributed by atoms with Crippen molar-refractivity contribution in [2.24, 2.45) is 5.92 Å². The van der Waals surface area contributed by atoms with Crippen LogP contribution in [0.1, 0.15) is 42.4 Å². The number of anilines is 2. The van der Waals surface area contributed by atoms with Gasteiger partial charge >= 0.3 is 0 Å². The van der Waals surface area contributed by atoms with Gasteiger partial charge in [0.2, 0.25) is 0 Å². The highest BCUT2D eigenvalue weighted by molar-refractivity contribution is 7.16. The molecule has 0 saturated carbocycles. The van der Waals surface area contributed by atoms with Crippen LogP contribution in [-0.4, -0.2) is 31.5 Å². The van der Waals surface area contributed by atoms with Gasteiger partial charge in [0.1, 0.15) is 11.5 Å². The molecule has 0 radical (unpaired) electrons. The third-order valence-electron chi connectivity index (χ3n) is 5.17. The van der Waals surface area contributed by atoms with Crippen LogP contribution in [0, 0.1) is 12.8 Å². The van der Waals surface area contributed by atoms with Crippen LogP contribution < -0.4 is 14.4 Å². The molecule has 0 atom stereocenters. The monoisotopic (exact) mass is 472 g/mol. The zero-order chi connectivity index (χ0) is 23.4. The molecule has 3 aromatic rings. The molecule has 0 aliphatic rings. The summed E-state index contributed by atoms with van der Waals surface area (Å²) in [4.78, 5) is 20.8. The molecular formula is C25H29ClN2O3S. The summed E-state index contributed by atoms with van der Waals surface area (Å²) in [6.45, 7) is 8.70. The van der Waals surface area contributed by atoms with E-state index < -0.39 is 0 Å². The number of carbonyl (C=O) groups excluding carboxylic acids is 1. The second-order valence-electron chi connectivity index (χ2n) is 7.80. The number of ketones is 1. The van der Waals surface area contributed by atoms with E-state index in [9.17, 15) is 4.79 Å². The molecular weight excluding hydrogens is 444 g/mol. The lowest BCUT2D eigenvalue weighted by Crippen LogP contribution is -2.19. The Kier molecular flexibility index (Phi) is 7.80. The van der Waals surface area contributed by atoms with Crippen molar-refractivity contribution in [3.63, 3.8) is 0 Å². The molecule has 0 unspecified atom stereocenters. The molecule has 0 N–H and O–H groups in total. The molecule has 5 nitrogen and oxygen atoms in total. The summed E-state index contributed by atoms with van der Waals surface area (Å²) in [5.74, 6) is 1.43. The molecule has 1 aromatic heterocycles. The average Bonchev–Trinajstić information content (AvgIpc) is 3.17. The molecule has 3 rings (SSSR count). The zero-order valence-electron chi connectivity index (χ0n) is 19.4. The predicted octanol–water partition coefficient (Wildman–Crippen LogP) is 7.18. The molecule has 7 heteroatoms. The first-order valence-electron chi connectivity index (χ1n) is 10.6.